The highest BCUT2D eigenvalue weighted by Gasteiger charge is 2.34. The van der Waals surface area contributed by atoms with Crippen molar-refractivity contribution in [1.29, 1.82) is 0 Å². The number of esters is 1. The highest BCUT2D eigenvalue weighted by Crippen LogP contribution is 2.28. The molecule has 1 heterocycles. The molecule has 6 nitrogen and oxygen atoms in total. The molecule has 27 heavy (non-hydrogen) atoms. The van der Waals surface area contributed by atoms with Crippen molar-refractivity contribution in [3.8, 4) is 11.1 Å². The van der Waals surface area contributed by atoms with Crippen molar-refractivity contribution in [2.24, 2.45) is 0 Å². The van der Waals surface area contributed by atoms with Gasteiger partial charge in [-0.1, -0.05) is 36.4 Å². The minimum absolute atomic E-state index is 0.117. The summed E-state index contributed by atoms with van der Waals surface area (Å²) in [7, 11) is 1.28. The van der Waals surface area contributed by atoms with Crippen LogP contribution in [0.15, 0.2) is 59.8 Å². The van der Waals surface area contributed by atoms with E-state index >= 15 is 0 Å². The van der Waals surface area contributed by atoms with Crippen LogP contribution in [0.3, 0.4) is 0 Å². The van der Waals surface area contributed by atoms with Gasteiger partial charge in [0.15, 0.2) is 0 Å². The molecule has 0 saturated heterocycles. The maximum absolute atomic E-state index is 12.6. The lowest BCUT2D eigenvalue weighted by atomic mass is 10.0. The standard InChI is InChI=1S/C21H22N2O4/c1-14-6-3-4-9-17(14)15-7-5-8-16(12-15)22-19-18(21(26)27-2)13-23(10-11-24)20(19)25/h3-9,12,22,24H,10-11,13H2,1-2H3. The van der Waals surface area contributed by atoms with Crippen LogP contribution in [0.4, 0.5) is 5.69 Å². The summed E-state index contributed by atoms with van der Waals surface area (Å²) in [5.41, 5.74) is 4.41. The number of aryl methyl sites for hydroxylation is 1. The van der Waals surface area contributed by atoms with Crippen LogP contribution in [0.5, 0.6) is 0 Å². The normalized spacial score (nSPS) is 13.9. The number of hydrogen-bond acceptors (Lipinski definition) is 5. The highest BCUT2D eigenvalue weighted by atomic mass is 16.5. The first kappa shape index (κ1) is 18.7. The number of amides is 1. The van der Waals surface area contributed by atoms with Crippen molar-refractivity contribution in [3.05, 3.63) is 65.4 Å². The summed E-state index contributed by atoms with van der Waals surface area (Å²) in [4.78, 5) is 26.1. The summed E-state index contributed by atoms with van der Waals surface area (Å²) < 4.78 is 4.81. The molecule has 0 atom stereocenters. The number of carbonyl (C=O) groups excluding carboxylic acids is 2. The number of nitrogens with zero attached hydrogens (tertiary/aromatic N) is 1. The number of aliphatic hydroxyl groups is 1. The summed E-state index contributed by atoms with van der Waals surface area (Å²) >= 11 is 0. The molecule has 1 amide bonds. The SMILES string of the molecule is COC(=O)C1=C(Nc2cccc(-c3ccccc3C)c2)C(=O)N(CCO)C1. The summed E-state index contributed by atoms with van der Waals surface area (Å²) in [6, 6.07) is 15.7. The Labute approximate surface area is 158 Å². The van der Waals surface area contributed by atoms with Gasteiger partial charge < -0.3 is 20.1 Å². The molecule has 1 aliphatic heterocycles. The maximum atomic E-state index is 12.6. The van der Waals surface area contributed by atoms with Crippen LogP contribution in [0.1, 0.15) is 5.56 Å². The second kappa shape index (κ2) is 8.05. The van der Waals surface area contributed by atoms with Gasteiger partial charge in [0.25, 0.3) is 5.91 Å². The lowest BCUT2D eigenvalue weighted by Gasteiger charge is -2.15. The minimum Gasteiger partial charge on any atom is -0.466 e. The fourth-order valence-corrected chi connectivity index (χ4v) is 3.15. The third-order valence-electron chi connectivity index (χ3n) is 4.54. The zero-order valence-corrected chi connectivity index (χ0v) is 15.4. The number of anilines is 1. The molecule has 1 aliphatic rings. The van der Waals surface area contributed by atoms with Crippen LogP contribution >= 0.6 is 0 Å². The molecule has 140 valence electrons. The summed E-state index contributed by atoms with van der Waals surface area (Å²) in [5.74, 6) is -0.882. The van der Waals surface area contributed by atoms with E-state index < -0.39 is 5.97 Å². The van der Waals surface area contributed by atoms with Crippen LogP contribution in [0, 0.1) is 6.92 Å². The summed E-state index contributed by atoms with van der Waals surface area (Å²) in [6.45, 7) is 2.15. The van der Waals surface area contributed by atoms with Gasteiger partial charge in [0.2, 0.25) is 0 Å². The zero-order chi connectivity index (χ0) is 19.4. The van der Waals surface area contributed by atoms with Crippen molar-refractivity contribution in [2.45, 2.75) is 6.92 Å². The Morgan fingerprint density at radius 2 is 2.00 bits per heavy atom. The number of hydrogen-bond donors (Lipinski definition) is 2. The molecule has 0 bridgehead atoms. The van der Waals surface area contributed by atoms with Crippen LogP contribution in [-0.2, 0) is 14.3 Å². The molecular weight excluding hydrogens is 344 g/mol. The molecule has 2 aromatic carbocycles. The largest absolute Gasteiger partial charge is 0.466 e. The van der Waals surface area contributed by atoms with E-state index in [-0.39, 0.29) is 36.9 Å². The number of rotatable bonds is 6. The Morgan fingerprint density at radius 1 is 1.22 bits per heavy atom. The van der Waals surface area contributed by atoms with Gasteiger partial charge >= 0.3 is 5.97 Å². The van der Waals surface area contributed by atoms with Crippen molar-refractivity contribution < 1.29 is 19.4 Å². The minimum atomic E-state index is -0.554. The number of benzene rings is 2. The zero-order valence-electron chi connectivity index (χ0n) is 15.4. The number of ether oxygens (including phenoxy) is 1. The summed E-state index contributed by atoms with van der Waals surface area (Å²) in [6.07, 6.45) is 0. The average Bonchev–Trinajstić information content (AvgIpc) is 2.98. The molecule has 0 fully saturated rings. The van der Waals surface area contributed by atoms with Crippen LogP contribution in [0.2, 0.25) is 0 Å². The van der Waals surface area contributed by atoms with E-state index in [0.717, 1.165) is 16.7 Å². The van der Waals surface area contributed by atoms with E-state index in [4.69, 9.17) is 9.84 Å². The van der Waals surface area contributed by atoms with Gasteiger partial charge in [0.1, 0.15) is 5.70 Å². The monoisotopic (exact) mass is 366 g/mol. The lowest BCUT2D eigenvalue weighted by molar-refractivity contribution is -0.136. The number of aliphatic hydroxyl groups excluding tert-OH is 1. The van der Waals surface area contributed by atoms with E-state index in [1.165, 1.54) is 12.0 Å². The second-order valence-electron chi connectivity index (χ2n) is 6.32. The third kappa shape index (κ3) is 3.85. The first-order chi connectivity index (χ1) is 13.0. The van der Waals surface area contributed by atoms with Gasteiger partial charge in [-0.05, 0) is 35.7 Å². The van der Waals surface area contributed by atoms with Crippen LogP contribution in [-0.4, -0.2) is 48.7 Å². The van der Waals surface area contributed by atoms with Gasteiger partial charge in [-0.2, -0.15) is 0 Å². The van der Waals surface area contributed by atoms with Gasteiger partial charge in [-0.25, -0.2) is 4.79 Å². The molecule has 6 heteroatoms. The van der Waals surface area contributed by atoms with Crippen molar-refractivity contribution in [3.63, 3.8) is 0 Å². The Kier molecular flexibility index (Phi) is 5.57. The Bertz CT molecular complexity index is 905. The predicted molar refractivity (Wildman–Crippen MR) is 103 cm³/mol. The molecule has 0 aromatic heterocycles. The first-order valence-corrected chi connectivity index (χ1v) is 8.70. The lowest BCUT2D eigenvalue weighted by Crippen LogP contribution is -2.31. The fraction of sp³-hybridized carbons (Fsp3) is 0.238. The predicted octanol–water partition coefficient (Wildman–Crippen LogP) is 2.34. The number of β-amino-alcohol motifs (C(OH)–C–C–N with tert-alkyl or cyclic N) is 1. The molecule has 3 rings (SSSR count). The van der Waals surface area contributed by atoms with Crippen molar-refractivity contribution >= 4 is 17.6 Å². The molecule has 0 saturated carbocycles. The molecule has 0 radical (unpaired) electrons. The van der Waals surface area contributed by atoms with E-state index in [1.807, 2.05) is 55.5 Å². The van der Waals surface area contributed by atoms with E-state index in [0.29, 0.717) is 5.69 Å². The maximum Gasteiger partial charge on any atom is 0.337 e. The molecular formula is C21H22N2O4. The third-order valence-corrected chi connectivity index (χ3v) is 4.54. The van der Waals surface area contributed by atoms with Crippen LogP contribution in [0.25, 0.3) is 11.1 Å². The Balaban J connectivity index is 1.93. The Hall–Kier alpha value is -3.12. The number of carbonyl (C=O) groups is 2. The van der Waals surface area contributed by atoms with Crippen molar-refractivity contribution in [2.75, 3.05) is 32.1 Å². The first-order valence-electron chi connectivity index (χ1n) is 8.70. The highest BCUT2D eigenvalue weighted by molar-refractivity contribution is 6.08. The van der Waals surface area contributed by atoms with E-state index in [2.05, 4.69) is 5.32 Å². The number of nitrogens with one attached hydrogen (secondary N) is 1. The quantitative estimate of drug-likeness (QED) is 0.767. The topological polar surface area (TPSA) is 78.9 Å². The van der Waals surface area contributed by atoms with E-state index in [1.54, 1.807) is 0 Å². The van der Waals surface area contributed by atoms with Gasteiger partial charge in [-0.15, -0.1) is 0 Å². The van der Waals surface area contributed by atoms with Crippen LogP contribution < -0.4 is 5.32 Å². The van der Waals surface area contributed by atoms with Gasteiger partial charge in [-0.3, -0.25) is 4.79 Å². The fourth-order valence-electron chi connectivity index (χ4n) is 3.15. The second-order valence-corrected chi connectivity index (χ2v) is 6.32. The van der Waals surface area contributed by atoms with Crippen molar-refractivity contribution in [1.82, 2.24) is 4.90 Å². The molecule has 2 N–H and O–H groups in total. The van der Waals surface area contributed by atoms with Gasteiger partial charge in [0, 0.05) is 12.2 Å². The molecule has 0 spiro atoms. The summed E-state index contributed by atoms with van der Waals surface area (Å²) in [5, 5.41) is 12.2. The van der Waals surface area contributed by atoms with Gasteiger partial charge in [0.05, 0.1) is 25.8 Å². The molecule has 0 aliphatic carbocycles. The average molecular weight is 366 g/mol. The molecule has 2 aromatic rings. The smallest absolute Gasteiger partial charge is 0.337 e. The number of methoxy groups -OCH3 is 1. The molecule has 0 unspecified atom stereocenters. The Morgan fingerprint density at radius 3 is 2.70 bits per heavy atom. The van der Waals surface area contributed by atoms with E-state index in [9.17, 15) is 9.59 Å².